The molecule has 0 spiro atoms. The molecule has 0 bridgehead atoms. The van der Waals surface area contributed by atoms with Crippen LogP contribution in [-0.4, -0.2) is 48.4 Å². The smallest absolute Gasteiger partial charge is 0.163 e. The monoisotopic (exact) mass is 293 g/mol. The van der Waals surface area contributed by atoms with E-state index in [1.807, 2.05) is 14.0 Å². The molecule has 0 aromatic carbocycles. The number of nitrogen functional groups attached to an aromatic ring is 1. The molecule has 0 radical (unpaired) electrons. The third-order valence-electron chi connectivity index (χ3n) is 3.20. The van der Waals surface area contributed by atoms with E-state index in [1.54, 1.807) is 24.7 Å². The molecule has 2 rings (SSSR count). The van der Waals surface area contributed by atoms with Crippen LogP contribution < -0.4 is 11.3 Å². The number of hydrogen-bond acceptors (Lipinski definition) is 7. The van der Waals surface area contributed by atoms with E-state index < -0.39 is 5.60 Å². The van der Waals surface area contributed by atoms with Gasteiger partial charge in [-0.1, -0.05) is 6.92 Å². The number of aromatic nitrogens is 4. The number of nitrogens with one attached hydrogen (secondary N) is 1. The molecule has 0 fully saturated rings. The van der Waals surface area contributed by atoms with Gasteiger partial charge in [-0.15, -0.1) is 0 Å². The van der Waals surface area contributed by atoms with Crippen LogP contribution in [0.1, 0.15) is 26.6 Å². The van der Waals surface area contributed by atoms with Crippen molar-refractivity contribution in [3.05, 3.63) is 12.0 Å². The first-order valence-electron chi connectivity index (χ1n) is 6.94. The third kappa shape index (κ3) is 3.66. The summed E-state index contributed by atoms with van der Waals surface area (Å²) in [5, 5.41) is 14.9. The minimum Gasteiger partial charge on any atom is -0.389 e. The molecule has 2 heterocycles. The summed E-state index contributed by atoms with van der Waals surface area (Å²) >= 11 is 0. The lowest BCUT2D eigenvalue weighted by Crippen LogP contribution is -2.38. The molecule has 0 aliphatic rings. The van der Waals surface area contributed by atoms with Crippen LogP contribution in [0, 0.1) is 0 Å². The number of aliphatic hydroxyl groups is 1. The molecule has 2 aromatic heterocycles. The summed E-state index contributed by atoms with van der Waals surface area (Å²) < 4.78 is 1.69. The molecule has 4 N–H and O–H groups in total. The van der Waals surface area contributed by atoms with E-state index in [1.165, 1.54) is 0 Å². The molecule has 0 saturated heterocycles. The van der Waals surface area contributed by atoms with Gasteiger partial charge in [0, 0.05) is 13.6 Å². The highest BCUT2D eigenvalue weighted by Crippen LogP contribution is 2.19. The van der Waals surface area contributed by atoms with Crippen LogP contribution in [0.3, 0.4) is 0 Å². The Morgan fingerprint density at radius 3 is 2.71 bits per heavy atom. The summed E-state index contributed by atoms with van der Waals surface area (Å²) in [6, 6.07) is 0. The highest BCUT2D eigenvalue weighted by Gasteiger charge is 2.19. The zero-order chi connectivity index (χ0) is 15.6. The predicted octanol–water partition coefficient (Wildman–Crippen LogP) is 0.242. The van der Waals surface area contributed by atoms with E-state index in [-0.39, 0.29) is 0 Å². The van der Waals surface area contributed by atoms with E-state index in [4.69, 9.17) is 5.84 Å². The molecule has 0 atom stereocenters. The van der Waals surface area contributed by atoms with Crippen LogP contribution >= 0.6 is 0 Å². The summed E-state index contributed by atoms with van der Waals surface area (Å²) in [5.41, 5.74) is 2.56. The first-order chi connectivity index (χ1) is 9.84. The predicted molar refractivity (Wildman–Crippen MR) is 81.4 cm³/mol. The van der Waals surface area contributed by atoms with Crippen molar-refractivity contribution in [2.24, 2.45) is 12.9 Å². The lowest BCUT2D eigenvalue weighted by atomic mass is 10.1. The lowest BCUT2D eigenvalue weighted by Gasteiger charge is -2.27. The second-order valence-corrected chi connectivity index (χ2v) is 5.75. The SMILES string of the molecule is CCN(Cc1nc(NN)c2cnn(C)c2n1)CC(C)(C)O. The van der Waals surface area contributed by atoms with Crippen LogP contribution in [0.2, 0.25) is 0 Å². The highest BCUT2D eigenvalue weighted by atomic mass is 16.3. The standard InChI is InChI=1S/C13H23N7O/c1-5-20(8-13(2,3)21)7-10-16-11(18-14)9-6-15-19(4)12(9)17-10/h6,21H,5,7-8,14H2,1-4H3,(H,16,17,18). The fourth-order valence-electron chi connectivity index (χ4n) is 2.27. The number of nitrogens with zero attached hydrogens (tertiary/aromatic N) is 5. The molecule has 8 nitrogen and oxygen atoms in total. The summed E-state index contributed by atoms with van der Waals surface area (Å²) in [6.45, 7) is 7.48. The topological polar surface area (TPSA) is 105 Å². The zero-order valence-electron chi connectivity index (χ0n) is 13.0. The molecule has 0 unspecified atom stereocenters. The normalized spacial score (nSPS) is 12.3. The van der Waals surface area contributed by atoms with Crippen molar-refractivity contribution >= 4 is 16.9 Å². The van der Waals surface area contributed by atoms with Gasteiger partial charge in [0.1, 0.15) is 5.82 Å². The van der Waals surface area contributed by atoms with Crippen LogP contribution in [-0.2, 0) is 13.6 Å². The molecule has 0 saturated carbocycles. The van der Waals surface area contributed by atoms with Gasteiger partial charge in [-0.25, -0.2) is 15.8 Å². The minimum atomic E-state index is -0.762. The fourth-order valence-corrected chi connectivity index (χ4v) is 2.27. The number of anilines is 1. The average Bonchev–Trinajstić information content (AvgIpc) is 2.77. The Morgan fingerprint density at radius 2 is 2.14 bits per heavy atom. The summed E-state index contributed by atoms with van der Waals surface area (Å²) in [4.78, 5) is 11.0. The van der Waals surface area contributed by atoms with Crippen molar-refractivity contribution in [1.29, 1.82) is 0 Å². The van der Waals surface area contributed by atoms with Crippen molar-refractivity contribution < 1.29 is 5.11 Å². The molecule has 0 amide bonds. The summed E-state index contributed by atoms with van der Waals surface area (Å²) in [5.74, 6) is 6.73. The Labute approximate surface area is 123 Å². The van der Waals surface area contributed by atoms with Crippen molar-refractivity contribution in [1.82, 2.24) is 24.6 Å². The van der Waals surface area contributed by atoms with Gasteiger partial charge in [0.05, 0.1) is 23.7 Å². The molecule has 2 aromatic rings. The van der Waals surface area contributed by atoms with Crippen molar-refractivity contribution in [2.75, 3.05) is 18.5 Å². The first kappa shape index (κ1) is 15.6. The van der Waals surface area contributed by atoms with Crippen LogP contribution in [0.15, 0.2) is 6.20 Å². The maximum Gasteiger partial charge on any atom is 0.163 e. The molecular weight excluding hydrogens is 270 g/mol. The quantitative estimate of drug-likeness (QED) is 0.517. The number of rotatable bonds is 6. The molecule has 116 valence electrons. The van der Waals surface area contributed by atoms with Gasteiger partial charge in [-0.3, -0.25) is 9.58 Å². The summed E-state index contributed by atoms with van der Waals surface area (Å²) in [6.07, 6.45) is 1.68. The second kappa shape index (κ2) is 5.92. The average molecular weight is 293 g/mol. The number of fused-ring (bicyclic) bond motifs is 1. The zero-order valence-corrected chi connectivity index (χ0v) is 13.0. The Balaban J connectivity index is 2.31. The number of hydrogen-bond donors (Lipinski definition) is 3. The Hall–Kier alpha value is -1.77. The number of likely N-dealkylation sites (N-methyl/N-ethyl adjacent to an activating group) is 1. The molecule has 8 heteroatoms. The van der Waals surface area contributed by atoms with Crippen LogP contribution in [0.5, 0.6) is 0 Å². The number of hydrazine groups is 1. The first-order valence-corrected chi connectivity index (χ1v) is 6.94. The van der Waals surface area contributed by atoms with Crippen molar-refractivity contribution in [3.63, 3.8) is 0 Å². The van der Waals surface area contributed by atoms with Gasteiger partial charge in [0.25, 0.3) is 0 Å². The fraction of sp³-hybridized carbons (Fsp3) is 0.615. The van der Waals surface area contributed by atoms with Crippen molar-refractivity contribution in [2.45, 2.75) is 32.9 Å². The van der Waals surface area contributed by atoms with Gasteiger partial charge in [-0.05, 0) is 20.4 Å². The third-order valence-corrected chi connectivity index (χ3v) is 3.20. The van der Waals surface area contributed by atoms with Gasteiger partial charge in [0.2, 0.25) is 0 Å². The number of nitrogens with two attached hydrogens (primary N) is 1. The van der Waals surface area contributed by atoms with E-state index in [2.05, 4.69) is 25.4 Å². The highest BCUT2D eigenvalue weighted by molar-refractivity contribution is 5.86. The van der Waals surface area contributed by atoms with Gasteiger partial charge in [-0.2, -0.15) is 5.10 Å². The Kier molecular flexibility index (Phi) is 4.40. The van der Waals surface area contributed by atoms with Gasteiger partial charge >= 0.3 is 0 Å². The summed E-state index contributed by atoms with van der Waals surface area (Å²) in [7, 11) is 1.83. The Morgan fingerprint density at radius 1 is 1.43 bits per heavy atom. The van der Waals surface area contributed by atoms with Crippen LogP contribution in [0.25, 0.3) is 11.0 Å². The largest absolute Gasteiger partial charge is 0.389 e. The number of aryl methyl sites for hydroxylation is 1. The second-order valence-electron chi connectivity index (χ2n) is 5.75. The Bertz CT molecular complexity index is 617. The maximum atomic E-state index is 9.95. The molecule has 21 heavy (non-hydrogen) atoms. The van der Waals surface area contributed by atoms with E-state index in [0.717, 1.165) is 17.6 Å². The lowest BCUT2D eigenvalue weighted by molar-refractivity contribution is 0.0346. The van der Waals surface area contributed by atoms with E-state index in [9.17, 15) is 5.11 Å². The van der Waals surface area contributed by atoms with Crippen LogP contribution in [0.4, 0.5) is 5.82 Å². The van der Waals surface area contributed by atoms with Gasteiger partial charge < -0.3 is 10.5 Å². The molecule has 0 aliphatic carbocycles. The minimum absolute atomic E-state index is 0.538. The van der Waals surface area contributed by atoms with Gasteiger partial charge in [0.15, 0.2) is 11.5 Å². The molecular formula is C13H23N7O. The molecule has 0 aliphatic heterocycles. The van der Waals surface area contributed by atoms with Crippen molar-refractivity contribution in [3.8, 4) is 0 Å². The van der Waals surface area contributed by atoms with E-state index >= 15 is 0 Å². The maximum absolute atomic E-state index is 9.95. The van der Waals surface area contributed by atoms with E-state index in [0.29, 0.717) is 24.7 Å².